The van der Waals surface area contributed by atoms with Crippen molar-refractivity contribution in [1.82, 2.24) is 10.2 Å². The third-order valence-electron chi connectivity index (χ3n) is 2.80. The molecule has 0 fully saturated rings. The fourth-order valence-corrected chi connectivity index (χ4v) is 3.04. The fraction of sp³-hybridized carbons (Fsp3) is 0.250. The van der Waals surface area contributed by atoms with E-state index in [0.29, 0.717) is 11.3 Å². The van der Waals surface area contributed by atoms with Crippen LogP contribution in [0.1, 0.15) is 5.56 Å². The summed E-state index contributed by atoms with van der Waals surface area (Å²) >= 11 is 0. The van der Waals surface area contributed by atoms with E-state index < -0.39 is 10.0 Å². The van der Waals surface area contributed by atoms with Gasteiger partial charge in [-0.05, 0) is 12.1 Å². The summed E-state index contributed by atoms with van der Waals surface area (Å²) in [4.78, 5) is 1.83. The smallest absolute Gasteiger partial charge is 0.279 e. The molecule has 0 atom stereocenters. The molecule has 0 aliphatic rings. The van der Waals surface area contributed by atoms with Gasteiger partial charge in [-0.25, -0.2) is 0 Å². The number of anilines is 2. The molecule has 20 heavy (non-hydrogen) atoms. The molecule has 1 aromatic carbocycles. The number of nitrogens with two attached hydrogens (primary N) is 1. The Labute approximate surface area is 117 Å². The van der Waals surface area contributed by atoms with Gasteiger partial charge in [0.1, 0.15) is 0 Å². The molecule has 0 saturated carbocycles. The van der Waals surface area contributed by atoms with Crippen LogP contribution in [0.25, 0.3) is 0 Å². The van der Waals surface area contributed by atoms with Gasteiger partial charge in [-0.3, -0.25) is 9.82 Å². The minimum Gasteiger partial charge on any atom is -0.376 e. The van der Waals surface area contributed by atoms with Gasteiger partial charge < -0.3 is 10.6 Å². The summed E-state index contributed by atoms with van der Waals surface area (Å²) in [6.07, 6.45) is 1.41. The van der Waals surface area contributed by atoms with Crippen LogP contribution in [0.3, 0.4) is 0 Å². The van der Waals surface area contributed by atoms with Gasteiger partial charge in [0.25, 0.3) is 10.0 Å². The highest BCUT2D eigenvalue weighted by molar-refractivity contribution is 7.92. The van der Waals surface area contributed by atoms with Crippen LogP contribution in [0.2, 0.25) is 0 Å². The van der Waals surface area contributed by atoms with Crippen molar-refractivity contribution in [3.05, 3.63) is 36.0 Å². The summed E-state index contributed by atoms with van der Waals surface area (Å²) in [5.41, 5.74) is 7.21. The van der Waals surface area contributed by atoms with Crippen molar-refractivity contribution in [3.8, 4) is 0 Å². The second-order valence-corrected chi connectivity index (χ2v) is 6.06. The number of hydrogen-bond donors (Lipinski definition) is 3. The molecule has 0 amide bonds. The molecule has 1 aromatic heterocycles. The number of H-pyrrole nitrogens is 1. The van der Waals surface area contributed by atoms with Gasteiger partial charge >= 0.3 is 0 Å². The maximum absolute atomic E-state index is 12.4. The van der Waals surface area contributed by atoms with E-state index in [1.54, 1.807) is 12.1 Å². The minimum absolute atomic E-state index is 0.00596. The molecule has 7 nitrogen and oxygen atoms in total. The average Bonchev–Trinajstić information content (AvgIpc) is 2.87. The summed E-state index contributed by atoms with van der Waals surface area (Å²) in [7, 11) is -0.0597. The van der Waals surface area contributed by atoms with E-state index in [-0.39, 0.29) is 11.6 Å². The molecule has 2 aromatic rings. The Morgan fingerprint density at radius 3 is 2.70 bits per heavy atom. The zero-order valence-corrected chi connectivity index (χ0v) is 12.1. The van der Waals surface area contributed by atoms with Crippen molar-refractivity contribution in [2.75, 3.05) is 23.7 Å². The summed E-state index contributed by atoms with van der Waals surface area (Å²) < 4.78 is 27.3. The van der Waals surface area contributed by atoms with Crippen LogP contribution in [-0.4, -0.2) is 32.7 Å². The number of hydrogen-bond acceptors (Lipinski definition) is 5. The van der Waals surface area contributed by atoms with Crippen molar-refractivity contribution in [2.45, 2.75) is 11.6 Å². The minimum atomic E-state index is -3.74. The number of aromatic nitrogens is 2. The van der Waals surface area contributed by atoms with E-state index >= 15 is 0 Å². The van der Waals surface area contributed by atoms with Crippen molar-refractivity contribution < 1.29 is 8.42 Å². The molecule has 0 radical (unpaired) electrons. The molecule has 0 saturated heterocycles. The van der Waals surface area contributed by atoms with Gasteiger partial charge in [-0.2, -0.15) is 13.5 Å². The first kappa shape index (κ1) is 14.4. The standard InChI is InChI=1S/C12H17N5O2S/c1-17(2)11-6-4-3-5-10(11)16-20(18,19)12-9(7-13)8-14-15-12/h3-6,8,16H,7,13H2,1-2H3,(H,14,15). The molecule has 8 heteroatoms. The normalized spacial score (nSPS) is 11.3. The Morgan fingerprint density at radius 1 is 1.35 bits per heavy atom. The lowest BCUT2D eigenvalue weighted by molar-refractivity contribution is 0.596. The fourth-order valence-electron chi connectivity index (χ4n) is 1.82. The predicted octanol–water partition coefficient (Wildman–Crippen LogP) is 0.735. The number of benzene rings is 1. The summed E-state index contributed by atoms with van der Waals surface area (Å²) in [6.45, 7) is 0.0993. The van der Waals surface area contributed by atoms with Gasteiger partial charge in [-0.1, -0.05) is 12.1 Å². The largest absolute Gasteiger partial charge is 0.376 e. The van der Waals surface area contributed by atoms with Gasteiger partial charge in [0.2, 0.25) is 0 Å². The van der Waals surface area contributed by atoms with Crippen molar-refractivity contribution in [2.24, 2.45) is 5.73 Å². The number of nitrogens with one attached hydrogen (secondary N) is 2. The van der Waals surface area contributed by atoms with Crippen LogP contribution < -0.4 is 15.4 Å². The highest BCUT2D eigenvalue weighted by atomic mass is 32.2. The summed E-state index contributed by atoms with van der Waals surface area (Å²) in [6, 6.07) is 7.14. The van der Waals surface area contributed by atoms with E-state index in [9.17, 15) is 8.42 Å². The second-order valence-electron chi connectivity index (χ2n) is 4.45. The highest BCUT2D eigenvalue weighted by Gasteiger charge is 2.21. The van der Waals surface area contributed by atoms with Crippen LogP contribution in [0.5, 0.6) is 0 Å². The lowest BCUT2D eigenvalue weighted by atomic mass is 10.2. The van der Waals surface area contributed by atoms with E-state index in [4.69, 9.17) is 5.73 Å². The van der Waals surface area contributed by atoms with Crippen LogP contribution in [-0.2, 0) is 16.6 Å². The lowest BCUT2D eigenvalue weighted by Crippen LogP contribution is -2.19. The summed E-state index contributed by atoms with van der Waals surface area (Å²) in [5, 5.41) is 6.19. The maximum atomic E-state index is 12.4. The molecule has 4 N–H and O–H groups in total. The first-order valence-electron chi connectivity index (χ1n) is 5.97. The number of aromatic amines is 1. The molecular formula is C12H17N5O2S. The molecule has 108 valence electrons. The van der Waals surface area contributed by atoms with E-state index in [1.165, 1.54) is 6.20 Å². The lowest BCUT2D eigenvalue weighted by Gasteiger charge is -2.18. The van der Waals surface area contributed by atoms with Crippen LogP contribution in [0.15, 0.2) is 35.5 Å². The Kier molecular flexibility index (Phi) is 3.96. The second kappa shape index (κ2) is 5.51. The Hall–Kier alpha value is -2.06. The average molecular weight is 295 g/mol. The number of para-hydroxylation sites is 2. The predicted molar refractivity (Wildman–Crippen MR) is 78.1 cm³/mol. The SMILES string of the molecule is CN(C)c1ccccc1NS(=O)(=O)c1[nH]ncc1CN. The molecular weight excluding hydrogens is 278 g/mol. The number of sulfonamides is 1. The van der Waals surface area contributed by atoms with Crippen LogP contribution >= 0.6 is 0 Å². The number of nitrogens with zero attached hydrogens (tertiary/aromatic N) is 2. The number of rotatable bonds is 5. The Bertz CT molecular complexity index is 693. The van der Waals surface area contributed by atoms with E-state index in [0.717, 1.165) is 5.69 Å². The molecule has 0 unspecified atom stereocenters. The van der Waals surface area contributed by atoms with Crippen molar-refractivity contribution >= 4 is 21.4 Å². The third-order valence-corrected chi connectivity index (χ3v) is 4.18. The van der Waals surface area contributed by atoms with Crippen molar-refractivity contribution in [1.29, 1.82) is 0 Å². The highest BCUT2D eigenvalue weighted by Crippen LogP contribution is 2.26. The van der Waals surface area contributed by atoms with Gasteiger partial charge in [0.05, 0.1) is 17.6 Å². The molecule has 0 spiro atoms. The molecule has 0 aliphatic carbocycles. The van der Waals surface area contributed by atoms with Crippen LogP contribution in [0.4, 0.5) is 11.4 Å². The Balaban J connectivity index is 2.39. The van der Waals surface area contributed by atoms with Gasteiger partial charge in [0.15, 0.2) is 5.03 Å². The van der Waals surface area contributed by atoms with E-state index in [1.807, 2.05) is 31.1 Å². The monoisotopic (exact) mass is 295 g/mol. The topological polar surface area (TPSA) is 104 Å². The first-order valence-corrected chi connectivity index (χ1v) is 7.45. The van der Waals surface area contributed by atoms with Crippen molar-refractivity contribution in [3.63, 3.8) is 0 Å². The summed E-state index contributed by atoms with van der Waals surface area (Å²) in [5.74, 6) is 0. The molecule has 0 aliphatic heterocycles. The van der Waals surface area contributed by atoms with Gasteiger partial charge in [-0.15, -0.1) is 0 Å². The Morgan fingerprint density at radius 2 is 2.05 bits per heavy atom. The third kappa shape index (κ3) is 2.75. The zero-order chi connectivity index (χ0) is 14.8. The molecule has 2 rings (SSSR count). The molecule has 0 bridgehead atoms. The molecule has 1 heterocycles. The van der Waals surface area contributed by atoms with Gasteiger partial charge in [0, 0.05) is 26.2 Å². The van der Waals surface area contributed by atoms with E-state index in [2.05, 4.69) is 14.9 Å². The quantitative estimate of drug-likeness (QED) is 0.754. The van der Waals surface area contributed by atoms with Crippen LogP contribution in [0, 0.1) is 0 Å². The maximum Gasteiger partial charge on any atom is 0.279 e. The zero-order valence-electron chi connectivity index (χ0n) is 11.3. The first-order chi connectivity index (χ1) is 9.45.